The van der Waals surface area contributed by atoms with Gasteiger partial charge in [0.2, 0.25) is 0 Å². The molecule has 1 fully saturated rings. The fourth-order valence-corrected chi connectivity index (χ4v) is 3.40. The maximum Gasteiger partial charge on any atom is 0.145 e. The zero-order chi connectivity index (χ0) is 13.2. The molecule has 0 aliphatic carbocycles. The van der Waals surface area contributed by atoms with Gasteiger partial charge in [0, 0.05) is 35.3 Å². The van der Waals surface area contributed by atoms with E-state index in [4.69, 9.17) is 5.84 Å². The molecule has 0 spiro atoms. The molecule has 1 aromatic rings. The topological polar surface area (TPSA) is 67.1 Å². The summed E-state index contributed by atoms with van der Waals surface area (Å²) in [5, 5.41) is 0. The zero-order valence-corrected chi connectivity index (χ0v) is 12.0. The van der Waals surface area contributed by atoms with Crippen LogP contribution in [0.25, 0.3) is 0 Å². The first kappa shape index (κ1) is 13.6. The predicted molar refractivity (Wildman–Crippen MR) is 76.4 cm³/mol. The van der Waals surface area contributed by atoms with Gasteiger partial charge in [-0.25, -0.2) is 15.8 Å². The van der Waals surface area contributed by atoms with E-state index in [0.29, 0.717) is 10.6 Å². The summed E-state index contributed by atoms with van der Waals surface area (Å²) < 4.78 is 0.316. The summed E-state index contributed by atoms with van der Waals surface area (Å²) in [4.78, 5) is 11.3. The lowest BCUT2D eigenvalue weighted by Crippen LogP contribution is -2.42. The Morgan fingerprint density at radius 3 is 2.94 bits per heavy atom. The van der Waals surface area contributed by atoms with Gasteiger partial charge in [-0.15, -0.1) is 0 Å². The monoisotopic (exact) mass is 267 g/mol. The Kier molecular flexibility index (Phi) is 4.09. The van der Waals surface area contributed by atoms with E-state index in [9.17, 15) is 0 Å². The van der Waals surface area contributed by atoms with Gasteiger partial charge in [-0.05, 0) is 20.8 Å². The van der Waals surface area contributed by atoms with Crippen molar-refractivity contribution in [1.82, 2.24) is 14.9 Å². The van der Waals surface area contributed by atoms with Crippen molar-refractivity contribution in [2.75, 3.05) is 24.3 Å². The highest BCUT2D eigenvalue weighted by atomic mass is 32.2. The first-order valence-electron chi connectivity index (χ1n) is 6.16. The van der Waals surface area contributed by atoms with Crippen LogP contribution in [0.2, 0.25) is 0 Å². The minimum absolute atomic E-state index is 0.316. The molecule has 1 aromatic heterocycles. The van der Waals surface area contributed by atoms with Crippen molar-refractivity contribution >= 4 is 17.6 Å². The second-order valence-electron chi connectivity index (χ2n) is 5.27. The number of nitrogen functional groups attached to an aromatic ring is 1. The third-order valence-electron chi connectivity index (χ3n) is 2.92. The highest BCUT2D eigenvalue weighted by Gasteiger charge is 2.27. The van der Waals surface area contributed by atoms with Crippen LogP contribution >= 0.6 is 11.8 Å². The van der Waals surface area contributed by atoms with Gasteiger partial charge in [-0.1, -0.05) is 0 Å². The van der Waals surface area contributed by atoms with Crippen molar-refractivity contribution in [2.45, 2.75) is 32.1 Å². The molecular formula is C12H21N5S. The Labute approximate surface area is 113 Å². The summed E-state index contributed by atoms with van der Waals surface area (Å²) in [6, 6.07) is 1.85. The zero-order valence-electron chi connectivity index (χ0n) is 11.2. The molecule has 1 aliphatic heterocycles. The average molecular weight is 267 g/mol. The number of aryl methyl sites for hydroxylation is 1. The van der Waals surface area contributed by atoms with Crippen molar-refractivity contribution in [3.05, 3.63) is 17.6 Å². The summed E-state index contributed by atoms with van der Waals surface area (Å²) in [5.41, 5.74) is 3.53. The lowest BCUT2D eigenvalue weighted by molar-refractivity contribution is 0.246. The molecule has 0 saturated carbocycles. The number of nitrogens with zero attached hydrogens (tertiary/aromatic N) is 3. The van der Waals surface area contributed by atoms with Crippen LogP contribution < -0.4 is 11.3 Å². The summed E-state index contributed by atoms with van der Waals surface area (Å²) in [7, 11) is 0. The molecule has 0 aromatic carbocycles. The van der Waals surface area contributed by atoms with E-state index in [-0.39, 0.29) is 0 Å². The molecule has 0 unspecified atom stereocenters. The standard InChI is InChI=1S/C12H21N5S/c1-9-6-10(16-13)15-11(14-9)7-17-4-5-18-12(2,3)8-17/h6H,4-5,7-8,13H2,1-3H3,(H,14,15,16). The molecule has 0 amide bonds. The largest absolute Gasteiger partial charge is 0.308 e. The fourth-order valence-electron chi connectivity index (χ4n) is 2.22. The molecule has 0 radical (unpaired) electrons. The molecule has 0 bridgehead atoms. The molecule has 100 valence electrons. The van der Waals surface area contributed by atoms with Crippen LogP contribution in [0.4, 0.5) is 5.82 Å². The highest BCUT2D eigenvalue weighted by Crippen LogP contribution is 2.29. The molecule has 2 heterocycles. The number of nitrogens with two attached hydrogens (primary N) is 1. The summed E-state index contributed by atoms with van der Waals surface area (Å²) in [6.07, 6.45) is 0. The van der Waals surface area contributed by atoms with Gasteiger partial charge in [-0.2, -0.15) is 11.8 Å². The maximum atomic E-state index is 5.41. The summed E-state index contributed by atoms with van der Waals surface area (Å²) >= 11 is 2.03. The minimum atomic E-state index is 0.316. The Morgan fingerprint density at radius 1 is 1.50 bits per heavy atom. The van der Waals surface area contributed by atoms with Crippen molar-refractivity contribution in [3.8, 4) is 0 Å². The molecule has 3 N–H and O–H groups in total. The number of hydrogen-bond donors (Lipinski definition) is 2. The molecule has 6 heteroatoms. The number of rotatable bonds is 3. The third-order valence-corrected chi connectivity index (χ3v) is 4.22. The normalized spacial score (nSPS) is 19.8. The second kappa shape index (κ2) is 5.42. The average Bonchev–Trinajstić information content (AvgIpc) is 2.26. The summed E-state index contributed by atoms with van der Waals surface area (Å²) in [5.74, 6) is 8.10. The van der Waals surface area contributed by atoms with Gasteiger partial charge in [0.25, 0.3) is 0 Å². The van der Waals surface area contributed by atoms with Gasteiger partial charge in [0.15, 0.2) is 0 Å². The van der Waals surface area contributed by atoms with Crippen LogP contribution in [0.15, 0.2) is 6.07 Å². The number of thioether (sulfide) groups is 1. The Hall–Kier alpha value is -0.850. The van der Waals surface area contributed by atoms with Crippen molar-refractivity contribution < 1.29 is 0 Å². The lowest BCUT2D eigenvalue weighted by atomic mass is 10.2. The minimum Gasteiger partial charge on any atom is -0.308 e. The van der Waals surface area contributed by atoms with Gasteiger partial charge in [0.05, 0.1) is 6.54 Å². The van der Waals surface area contributed by atoms with E-state index in [1.54, 1.807) is 0 Å². The smallest absolute Gasteiger partial charge is 0.145 e. The first-order chi connectivity index (χ1) is 8.48. The fraction of sp³-hybridized carbons (Fsp3) is 0.667. The van der Waals surface area contributed by atoms with Crippen LogP contribution in [0.5, 0.6) is 0 Å². The van der Waals surface area contributed by atoms with Gasteiger partial charge < -0.3 is 5.43 Å². The van der Waals surface area contributed by atoms with Crippen LogP contribution in [-0.2, 0) is 6.54 Å². The number of anilines is 1. The SMILES string of the molecule is Cc1cc(NN)nc(CN2CCSC(C)(C)C2)n1. The molecule has 0 atom stereocenters. The summed E-state index contributed by atoms with van der Waals surface area (Å²) in [6.45, 7) is 9.49. The van der Waals surface area contributed by atoms with Crippen molar-refractivity contribution in [1.29, 1.82) is 0 Å². The van der Waals surface area contributed by atoms with Crippen LogP contribution in [0.3, 0.4) is 0 Å². The number of nitrogens with one attached hydrogen (secondary N) is 1. The molecule has 1 aliphatic rings. The molecule has 5 nitrogen and oxygen atoms in total. The van der Waals surface area contributed by atoms with Crippen LogP contribution in [-0.4, -0.2) is 38.5 Å². The lowest BCUT2D eigenvalue weighted by Gasteiger charge is -2.37. The molecule has 18 heavy (non-hydrogen) atoms. The van der Waals surface area contributed by atoms with E-state index in [0.717, 1.165) is 31.2 Å². The molecule has 1 saturated heterocycles. The Balaban J connectivity index is 2.07. The Morgan fingerprint density at radius 2 is 2.28 bits per heavy atom. The van der Waals surface area contributed by atoms with E-state index >= 15 is 0 Å². The van der Waals surface area contributed by atoms with Crippen LogP contribution in [0, 0.1) is 6.92 Å². The number of hydrazine groups is 1. The van der Waals surface area contributed by atoms with E-state index < -0.39 is 0 Å². The highest BCUT2D eigenvalue weighted by molar-refractivity contribution is 8.00. The third kappa shape index (κ3) is 3.57. The second-order valence-corrected chi connectivity index (χ2v) is 7.08. The van der Waals surface area contributed by atoms with Crippen molar-refractivity contribution in [2.24, 2.45) is 5.84 Å². The van der Waals surface area contributed by atoms with Gasteiger partial charge >= 0.3 is 0 Å². The van der Waals surface area contributed by atoms with E-state index in [1.165, 1.54) is 5.75 Å². The van der Waals surface area contributed by atoms with Crippen molar-refractivity contribution in [3.63, 3.8) is 0 Å². The number of aromatic nitrogens is 2. The van der Waals surface area contributed by atoms with Gasteiger partial charge in [0.1, 0.15) is 11.6 Å². The quantitative estimate of drug-likeness (QED) is 0.637. The Bertz CT molecular complexity index is 421. The van der Waals surface area contributed by atoms with Gasteiger partial charge in [-0.3, -0.25) is 4.90 Å². The first-order valence-corrected chi connectivity index (χ1v) is 7.14. The van der Waals surface area contributed by atoms with E-state index in [1.807, 2.05) is 24.8 Å². The van der Waals surface area contributed by atoms with E-state index in [2.05, 4.69) is 34.1 Å². The molecular weight excluding hydrogens is 246 g/mol. The predicted octanol–water partition coefficient (Wildman–Crippen LogP) is 1.40. The number of hydrogen-bond acceptors (Lipinski definition) is 6. The molecule has 2 rings (SSSR count). The van der Waals surface area contributed by atoms with Crippen LogP contribution in [0.1, 0.15) is 25.4 Å². The maximum absolute atomic E-state index is 5.41.